The molecule has 3 rings (SSSR count). The molecule has 5 heteroatoms. The van der Waals surface area contributed by atoms with Crippen molar-refractivity contribution in [3.63, 3.8) is 0 Å². The van der Waals surface area contributed by atoms with Gasteiger partial charge < -0.3 is 10.3 Å². The first-order valence-corrected chi connectivity index (χ1v) is 7.37. The van der Waals surface area contributed by atoms with Crippen molar-refractivity contribution in [2.24, 2.45) is 5.73 Å². The van der Waals surface area contributed by atoms with Gasteiger partial charge in [-0.25, -0.2) is 0 Å². The zero-order valence-electron chi connectivity index (χ0n) is 11.0. The Morgan fingerprint density at radius 2 is 2.00 bits per heavy atom. The molecule has 0 unspecified atom stereocenters. The molecule has 102 valence electrons. The van der Waals surface area contributed by atoms with E-state index in [0.717, 1.165) is 12.0 Å². The molecule has 20 heavy (non-hydrogen) atoms. The van der Waals surface area contributed by atoms with Crippen LogP contribution in [0.4, 0.5) is 0 Å². The summed E-state index contributed by atoms with van der Waals surface area (Å²) in [4.78, 5) is 5.67. The minimum absolute atomic E-state index is 0.566. The molecular formula is C15H15N3OS. The Balaban J connectivity index is 1.75. The SMILES string of the molecule is NCCc1ccc(-c2nc(Cc3cccs3)no2)cc1. The van der Waals surface area contributed by atoms with Gasteiger partial charge in [0.05, 0.1) is 0 Å². The van der Waals surface area contributed by atoms with E-state index in [1.165, 1.54) is 10.4 Å². The fourth-order valence-electron chi connectivity index (χ4n) is 1.99. The monoisotopic (exact) mass is 285 g/mol. The highest BCUT2D eigenvalue weighted by atomic mass is 32.1. The van der Waals surface area contributed by atoms with Gasteiger partial charge in [0.2, 0.25) is 0 Å². The molecule has 0 amide bonds. The van der Waals surface area contributed by atoms with Crippen LogP contribution in [-0.4, -0.2) is 16.7 Å². The number of hydrogen-bond donors (Lipinski definition) is 1. The molecule has 2 N–H and O–H groups in total. The average molecular weight is 285 g/mol. The minimum Gasteiger partial charge on any atom is -0.334 e. The fraction of sp³-hybridized carbons (Fsp3) is 0.200. The molecule has 2 aromatic heterocycles. The van der Waals surface area contributed by atoms with Gasteiger partial charge in [-0.3, -0.25) is 0 Å². The zero-order valence-corrected chi connectivity index (χ0v) is 11.8. The van der Waals surface area contributed by atoms with Crippen molar-refractivity contribution in [2.75, 3.05) is 6.54 Å². The summed E-state index contributed by atoms with van der Waals surface area (Å²) in [7, 11) is 0. The molecule has 2 heterocycles. The van der Waals surface area contributed by atoms with Crippen LogP contribution in [0.25, 0.3) is 11.5 Å². The number of nitrogens with two attached hydrogens (primary N) is 1. The van der Waals surface area contributed by atoms with E-state index in [4.69, 9.17) is 10.3 Å². The molecule has 0 aliphatic rings. The summed E-state index contributed by atoms with van der Waals surface area (Å²) in [5, 5.41) is 6.07. The number of benzene rings is 1. The van der Waals surface area contributed by atoms with E-state index >= 15 is 0 Å². The van der Waals surface area contributed by atoms with Crippen molar-refractivity contribution < 1.29 is 4.52 Å². The van der Waals surface area contributed by atoms with Crippen LogP contribution < -0.4 is 5.73 Å². The van der Waals surface area contributed by atoms with Crippen molar-refractivity contribution >= 4 is 11.3 Å². The molecule has 1 aromatic carbocycles. The van der Waals surface area contributed by atoms with Crippen LogP contribution in [0.5, 0.6) is 0 Å². The summed E-state index contributed by atoms with van der Waals surface area (Å²) in [6.45, 7) is 0.658. The highest BCUT2D eigenvalue weighted by Crippen LogP contribution is 2.20. The predicted molar refractivity (Wildman–Crippen MR) is 79.6 cm³/mol. The molecule has 4 nitrogen and oxygen atoms in total. The first-order valence-electron chi connectivity index (χ1n) is 6.49. The Kier molecular flexibility index (Phi) is 3.90. The van der Waals surface area contributed by atoms with Crippen LogP contribution in [0, 0.1) is 0 Å². The maximum atomic E-state index is 5.54. The Bertz CT molecular complexity index is 659. The average Bonchev–Trinajstić information content (AvgIpc) is 3.12. The third-order valence-electron chi connectivity index (χ3n) is 3.01. The first kappa shape index (κ1) is 13.0. The van der Waals surface area contributed by atoms with Crippen LogP contribution >= 0.6 is 11.3 Å². The summed E-state index contributed by atoms with van der Waals surface area (Å²) in [5.41, 5.74) is 7.70. The van der Waals surface area contributed by atoms with Gasteiger partial charge in [-0.05, 0) is 42.1 Å². The zero-order chi connectivity index (χ0) is 13.8. The van der Waals surface area contributed by atoms with Gasteiger partial charge in [0.1, 0.15) is 0 Å². The highest BCUT2D eigenvalue weighted by Gasteiger charge is 2.09. The van der Waals surface area contributed by atoms with Gasteiger partial charge >= 0.3 is 0 Å². The van der Waals surface area contributed by atoms with E-state index in [9.17, 15) is 0 Å². The standard InChI is InChI=1S/C15H15N3OS/c16-8-7-11-3-5-12(6-4-11)15-17-14(18-19-15)10-13-2-1-9-20-13/h1-6,9H,7-8,10,16H2. The highest BCUT2D eigenvalue weighted by molar-refractivity contribution is 7.09. The van der Waals surface area contributed by atoms with Crippen molar-refractivity contribution in [2.45, 2.75) is 12.8 Å². The summed E-state index contributed by atoms with van der Waals surface area (Å²) in [5.74, 6) is 1.28. The maximum Gasteiger partial charge on any atom is 0.257 e. The molecule has 0 fully saturated rings. The van der Waals surface area contributed by atoms with E-state index in [1.807, 2.05) is 35.7 Å². The van der Waals surface area contributed by atoms with Gasteiger partial charge in [-0.15, -0.1) is 11.3 Å². The first-order chi connectivity index (χ1) is 9.85. The molecule has 0 aliphatic carbocycles. The molecule has 0 aliphatic heterocycles. The lowest BCUT2D eigenvalue weighted by Gasteiger charge is -1.98. The van der Waals surface area contributed by atoms with Crippen molar-refractivity contribution in [3.05, 3.63) is 58.0 Å². The topological polar surface area (TPSA) is 64.9 Å². The van der Waals surface area contributed by atoms with Crippen molar-refractivity contribution in [1.82, 2.24) is 10.1 Å². The van der Waals surface area contributed by atoms with E-state index in [2.05, 4.69) is 16.2 Å². The fourth-order valence-corrected chi connectivity index (χ4v) is 2.69. The quantitative estimate of drug-likeness (QED) is 0.783. The smallest absolute Gasteiger partial charge is 0.257 e. The van der Waals surface area contributed by atoms with E-state index in [-0.39, 0.29) is 0 Å². The van der Waals surface area contributed by atoms with Gasteiger partial charge in [-0.2, -0.15) is 4.98 Å². The molecular weight excluding hydrogens is 270 g/mol. The second-order valence-corrected chi connectivity index (χ2v) is 5.54. The van der Waals surface area contributed by atoms with E-state index < -0.39 is 0 Å². The molecule has 3 aromatic rings. The van der Waals surface area contributed by atoms with Crippen molar-refractivity contribution in [1.29, 1.82) is 0 Å². The lowest BCUT2D eigenvalue weighted by molar-refractivity contribution is 0.424. The third-order valence-corrected chi connectivity index (χ3v) is 3.89. The van der Waals surface area contributed by atoms with Gasteiger partial charge in [-0.1, -0.05) is 23.4 Å². The molecule has 0 spiro atoms. The van der Waals surface area contributed by atoms with Crippen LogP contribution in [0.3, 0.4) is 0 Å². The van der Waals surface area contributed by atoms with Gasteiger partial charge in [0.25, 0.3) is 5.89 Å². The molecule has 0 atom stereocenters. The number of hydrogen-bond acceptors (Lipinski definition) is 5. The Morgan fingerprint density at radius 1 is 1.15 bits per heavy atom. The van der Waals surface area contributed by atoms with Crippen molar-refractivity contribution in [3.8, 4) is 11.5 Å². The molecule has 0 bridgehead atoms. The number of rotatable bonds is 5. The van der Waals surface area contributed by atoms with Crippen LogP contribution in [-0.2, 0) is 12.8 Å². The predicted octanol–water partition coefficient (Wildman–Crippen LogP) is 2.89. The van der Waals surface area contributed by atoms with Gasteiger partial charge in [0, 0.05) is 16.9 Å². The summed E-state index contributed by atoms with van der Waals surface area (Å²) >= 11 is 1.70. The number of nitrogens with zero attached hydrogens (tertiary/aromatic N) is 2. The van der Waals surface area contributed by atoms with Gasteiger partial charge in [0.15, 0.2) is 5.82 Å². The maximum absolute atomic E-state index is 5.54. The third kappa shape index (κ3) is 2.95. The van der Waals surface area contributed by atoms with Crippen LogP contribution in [0.2, 0.25) is 0 Å². The molecule has 0 radical (unpaired) electrons. The second-order valence-electron chi connectivity index (χ2n) is 4.51. The molecule has 0 saturated heterocycles. The lowest BCUT2D eigenvalue weighted by atomic mass is 10.1. The summed E-state index contributed by atoms with van der Waals surface area (Å²) < 4.78 is 5.32. The normalized spacial score (nSPS) is 10.8. The van der Waals surface area contributed by atoms with Crippen LogP contribution in [0.1, 0.15) is 16.3 Å². The van der Waals surface area contributed by atoms with E-state index in [1.54, 1.807) is 11.3 Å². The van der Waals surface area contributed by atoms with E-state index in [0.29, 0.717) is 24.7 Å². The number of thiophene rings is 1. The largest absolute Gasteiger partial charge is 0.334 e. The Labute approximate surface area is 121 Å². The Morgan fingerprint density at radius 3 is 2.70 bits per heavy atom. The van der Waals surface area contributed by atoms with Crippen LogP contribution in [0.15, 0.2) is 46.3 Å². The summed E-state index contributed by atoms with van der Waals surface area (Å²) in [6, 6.07) is 12.2. The summed E-state index contributed by atoms with van der Waals surface area (Å²) in [6.07, 6.45) is 1.60. The minimum atomic E-state index is 0.566. The molecule has 0 saturated carbocycles. The number of aromatic nitrogens is 2. The lowest BCUT2D eigenvalue weighted by Crippen LogP contribution is -2.02. The second kappa shape index (κ2) is 5.98. The Hall–Kier alpha value is -1.98.